The second-order valence-electron chi connectivity index (χ2n) is 5.54. The molecule has 2 unspecified atom stereocenters. The van der Waals surface area contributed by atoms with E-state index >= 15 is 0 Å². The van der Waals surface area contributed by atoms with Crippen LogP contribution in [0.4, 0.5) is 11.6 Å². The van der Waals surface area contributed by atoms with E-state index in [1.54, 1.807) is 0 Å². The van der Waals surface area contributed by atoms with Crippen LogP contribution in [0.15, 0.2) is 6.07 Å². The summed E-state index contributed by atoms with van der Waals surface area (Å²) in [5, 5.41) is 3.28. The molecule has 1 saturated heterocycles. The first-order valence-electron chi connectivity index (χ1n) is 7.10. The van der Waals surface area contributed by atoms with Crippen LogP contribution in [0.3, 0.4) is 0 Å². The Morgan fingerprint density at radius 1 is 1.28 bits per heavy atom. The van der Waals surface area contributed by atoms with Gasteiger partial charge in [-0.1, -0.05) is 6.42 Å². The zero-order valence-corrected chi connectivity index (χ0v) is 11.3. The number of hydrogen-bond donors (Lipinski definition) is 1. The molecule has 0 amide bonds. The Bertz CT molecular complexity index is 420. The van der Waals surface area contributed by atoms with Gasteiger partial charge < -0.3 is 10.2 Å². The lowest BCUT2D eigenvalue weighted by molar-refractivity contribution is 0.494. The number of hydrogen-bond acceptors (Lipinski definition) is 4. The molecule has 0 spiro atoms. The van der Waals surface area contributed by atoms with Crippen LogP contribution in [-0.2, 0) is 0 Å². The van der Waals surface area contributed by atoms with Gasteiger partial charge in [-0.05, 0) is 38.5 Å². The molecule has 4 nitrogen and oxygen atoms in total. The Hall–Kier alpha value is -1.32. The molecule has 1 aliphatic heterocycles. The minimum atomic E-state index is 0.862. The largest absolute Gasteiger partial charge is 0.370 e. The molecule has 4 heteroatoms. The zero-order chi connectivity index (χ0) is 12.5. The molecule has 2 fully saturated rings. The van der Waals surface area contributed by atoms with E-state index in [-0.39, 0.29) is 0 Å². The molecule has 1 aromatic rings. The third kappa shape index (κ3) is 2.16. The normalized spacial score (nSPS) is 26.4. The van der Waals surface area contributed by atoms with Crippen molar-refractivity contribution in [1.29, 1.82) is 0 Å². The average molecular weight is 246 g/mol. The highest BCUT2D eigenvalue weighted by molar-refractivity contribution is 5.50. The van der Waals surface area contributed by atoms with Crippen molar-refractivity contribution in [1.82, 2.24) is 9.97 Å². The predicted molar refractivity (Wildman–Crippen MR) is 74.0 cm³/mol. The monoisotopic (exact) mass is 246 g/mol. The second kappa shape index (κ2) is 4.75. The average Bonchev–Trinajstić information content (AvgIpc) is 2.88. The third-order valence-electron chi connectivity index (χ3n) is 4.23. The van der Waals surface area contributed by atoms with Crippen LogP contribution in [0, 0.1) is 18.8 Å². The number of anilines is 2. The van der Waals surface area contributed by atoms with E-state index < -0.39 is 0 Å². The Kier molecular flexibility index (Phi) is 3.10. The fraction of sp³-hybridized carbons (Fsp3) is 0.714. The number of nitrogens with one attached hydrogen (secondary N) is 1. The van der Waals surface area contributed by atoms with Gasteiger partial charge in [0.1, 0.15) is 17.5 Å². The summed E-state index contributed by atoms with van der Waals surface area (Å²) >= 11 is 0. The van der Waals surface area contributed by atoms with Crippen molar-refractivity contribution in [3.8, 4) is 0 Å². The fourth-order valence-electron chi connectivity index (χ4n) is 3.41. The first kappa shape index (κ1) is 11.8. The molecule has 1 saturated carbocycles. The maximum absolute atomic E-state index is 4.60. The zero-order valence-electron chi connectivity index (χ0n) is 11.3. The van der Waals surface area contributed by atoms with Gasteiger partial charge in [0.05, 0.1) is 0 Å². The molecule has 2 aliphatic rings. The molecular formula is C14H22N4. The molecule has 2 heterocycles. The van der Waals surface area contributed by atoms with Gasteiger partial charge in [0.2, 0.25) is 0 Å². The van der Waals surface area contributed by atoms with Crippen molar-refractivity contribution in [2.24, 2.45) is 11.8 Å². The van der Waals surface area contributed by atoms with Crippen LogP contribution >= 0.6 is 0 Å². The molecule has 2 atom stereocenters. The first-order valence-corrected chi connectivity index (χ1v) is 7.10. The Balaban J connectivity index is 1.79. The van der Waals surface area contributed by atoms with E-state index in [0.717, 1.165) is 35.8 Å². The van der Waals surface area contributed by atoms with E-state index in [4.69, 9.17) is 0 Å². The van der Waals surface area contributed by atoms with Gasteiger partial charge in [-0.15, -0.1) is 0 Å². The highest BCUT2D eigenvalue weighted by atomic mass is 15.2. The number of fused-ring (bicyclic) bond motifs is 1. The van der Waals surface area contributed by atoms with Gasteiger partial charge in [0.15, 0.2) is 0 Å². The molecular weight excluding hydrogens is 224 g/mol. The van der Waals surface area contributed by atoms with Crippen molar-refractivity contribution >= 4 is 11.6 Å². The molecule has 98 valence electrons. The van der Waals surface area contributed by atoms with Crippen LogP contribution in [0.2, 0.25) is 0 Å². The molecule has 3 rings (SSSR count). The molecule has 0 aromatic carbocycles. The van der Waals surface area contributed by atoms with Gasteiger partial charge in [0.25, 0.3) is 0 Å². The SMILES string of the molecule is CCNc1cc(N2CC3CCCC3C2)nc(C)n1. The van der Waals surface area contributed by atoms with Crippen molar-refractivity contribution in [2.75, 3.05) is 29.9 Å². The van der Waals surface area contributed by atoms with Gasteiger partial charge in [0, 0.05) is 25.7 Å². The van der Waals surface area contributed by atoms with Crippen LogP contribution in [0.5, 0.6) is 0 Å². The van der Waals surface area contributed by atoms with Crippen molar-refractivity contribution in [3.05, 3.63) is 11.9 Å². The van der Waals surface area contributed by atoms with Crippen molar-refractivity contribution < 1.29 is 0 Å². The lowest BCUT2D eigenvalue weighted by atomic mass is 10.0. The Labute approximate surface area is 109 Å². The summed E-state index contributed by atoms with van der Waals surface area (Å²) < 4.78 is 0. The van der Waals surface area contributed by atoms with Gasteiger partial charge in [-0.2, -0.15) is 0 Å². The smallest absolute Gasteiger partial charge is 0.134 e. The number of aromatic nitrogens is 2. The van der Waals surface area contributed by atoms with E-state index in [0.29, 0.717) is 0 Å². The molecule has 18 heavy (non-hydrogen) atoms. The van der Waals surface area contributed by atoms with E-state index in [1.807, 2.05) is 6.92 Å². The van der Waals surface area contributed by atoms with Crippen LogP contribution in [0.1, 0.15) is 32.0 Å². The number of aryl methyl sites for hydroxylation is 1. The molecule has 0 bridgehead atoms. The minimum Gasteiger partial charge on any atom is -0.370 e. The summed E-state index contributed by atoms with van der Waals surface area (Å²) in [5.41, 5.74) is 0. The Morgan fingerprint density at radius 2 is 2.00 bits per heavy atom. The predicted octanol–water partition coefficient (Wildman–Crippen LogP) is 2.45. The van der Waals surface area contributed by atoms with Gasteiger partial charge in [-0.3, -0.25) is 0 Å². The summed E-state index contributed by atoms with van der Waals surface area (Å²) in [7, 11) is 0. The fourth-order valence-corrected chi connectivity index (χ4v) is 3.41. The summed E-state index contributed by atoms with van der Waals surface area (Å²) in [6.45, 7) is 7.35. The molecule has 1 N–H and O–H groups in total. The summed E-state index contributed by atoms with van der Waals surface area (Å²) in [6, 6.07) is 2.09. The number of nitrogens with zero attached hydrogens (tertiary/aromatic N) is 3. The van der Waals surface area contributed by atoms with Gasteiger partial charge >= 0.3 is 0 Å². The van der Waals surface area contributed by atoms with Gasteiger partial charge in [-0.25, -0.2) is 9.97 Å². The highest BCUT2D eigenvalue weighted by Crippen LogP contribution is 2.39. The summed E-state index contributed by atoms with van der Waals surface area (Å²) in [4.78, 5) is 11.5. The quantitative estimate of drug-likeness (QED) is 0.889. The topological polar surface area (TPSA) is 41.0 Å². The van der Waals surface area contributed by atoms with Crippen molar-refractivity contribution in [2.45, 2.75) is 33.1 Å². The van der Waals surface area contributed by atoms with Crippen LogP contribution < -0.4 is 10.2 Å². The summed E-state index contributed by atoms with van der Waals surface area (Å²) in [5.74, 6) is 4.73. The van der Waals surface area contributed by atoms with E-state index in [2.05, 4.69) is 33.2 Å². The maximum Gasteiger partial charge on any atom is 0.134 e. The minimum absolute atomic E-state index is 0.862. The molecule has 0 radical (unpaired) electrons. The van der Waals surface area contributed by atoms with Crippen LogP contribution in [0.25, 0.3) is 0 Å². The van der Waals surface area contributed by atoms with Crippen LogP contribution in [-0.4, -0.2) is 29.6 Å². The maximum atomic E-state index is 4.60. The standard InChI is InChI=1S/C14H22N4/c1-3-15-13-7-14(17-10(2)16-13)18-8-11-5-4-6-12(11)9-18/h7,11-12H,3-6,8-9H2,1-2H3,(H,15,16,17). The highest BCUT2D eigenvalue weighted by Gasteiger charge is 2.36. The lowest BCUT2D eigenvalue weighted by Gasteiger charge is -2.19. The lowest BCUT2D eigenvalue weighted by Crippen LogP contribution is -2.22. The number of rotatable bonds is 3. The molecule has 1 aliphatic carbocycles. The molecule has 1 aromatic heterocycles. The Morgan fingerprint density at radius 3 is 2.67 bits per heavy atom. The van der Waals surface area contributed by atoms with E-state index in [9.17, 15) is 0 Å². The van der Waals surface area contributed by atoms with Crippen molar-refractivity contribution in [3.63, 3.8) is 0 Å². The first-order chi connectivity index (χ1) is 8.76. The summed E-state index contributed by atoms with van der Waals surface area (Å²) in [6.07, 6.45) is 4.24. The second-order valence-corrected chi connectivity index (χ2v) is 5.54. The third-order valence-corrected chi connectivity index (χ3v) is 4.23. The van der Waals surface area contributed by atoms with E-state index in [1.165, 1.54) is 32.4 Å².